The number of rotatable bonds is 4. The summed E-state index contributed by atoms with van der Waals surface area (Å²) in [4.78, 5) is 26.0. The number of anilines is 1. The van der Waals surface area contributed by atoms with E-state index in [-0.39, 0.29) is 18.7 Å². The molecule has 2 N–H and O–H groups in total. The summed E-state index contributed by atoms with van der Waals surface area (Å²) in [5.74, 6) is -0.557. The van der Waals surface area contributed by atoms with Crippen molar-refractivity contribution >= 4 is 17.7 Å². The van der Waals surface area contributed by atoms with E-state index >= 15 is 0 Å². The Labute approximate surface area is 160 Å². The van der Waals surface area contributed by atoms with Crippen LogP contribution in [0.2, 0.25) is 0 Å². The number of fused-ring (bicyclic) bond motifs is 1. The molecule has 6 nitrogen and oxygen atoms in total. The van der Waals surface area contributed by atoms with Crippen LogP contribution in [0.1, 0.15) is 31.4 Å². The third kappa shape index (κ3) is 4.07. The second kappa shape index (κ2) is 7.73. The minimum Gasteiger partial charge on any atom is -0.463 e. The largest absolute Gasteiger partial charge is 0.463 e. The van der Waals surface area contributed by atoms with Gasteiger partial charge in [0.1, 0.15) is 0 Å². The van der Waals surface area contributed by atoms with Gasteiger partial charge in [0.2, 0.25) is 0 Å². The maximum Gasteiger partial charge on any atom is 0.416 e. The van der Waals surface area contributed by atoms with Crippen molar-refractivity contribution in [3.05, 3.63) is 40.6 Å². The molecule has 0 saturated carbocycles. The normalized spacial score (nSPS) is 19.7. The molecule has 1 atom stereocenters. The second-order valence-electron chi connectivity index (χ2n) is 6.80. The number of amides is 2. The number of hydrogen-bond donors (Lipinski definition) is 2. The van der Waals surface area contributed by atoms with E-state index in [0.29, 0.717) is 24.4 Å². The number of benzene rings is 1. The van der Waals surface area contributed by atoms with E-state index in [1.54, 1.807) is 18.7 Å². The molecule has 1 aromatic carbocycles. The van der Waals surface area contributed by atoms with E-state index in [1.807, 2.05) is 0 Å². The van der Waals surface area contributed by atoms with E-state index in [1.165, 1.54) is 6.07 Å². The van der Waals surface area contributed by atoms with Crippen LogP contribution in [0.15, 0.2) is 29.5 Å². The Morgan fingerprint density at radius 1 is 1.36 bits per heavy atom. The highest BCUT2D eigenvalue weighted by atomic mass is 19.4. The van der Waals surface area contributed by atoms with Crippen molar-refractivity contribution in [2.45, 2.75) is 38.9 Å². The van der Waals surface area contributed by atoms with Crippen molar-refractivity contribution in [3.8, 4) is 0 Å². The SMILES string of the molecule is CCOC(=O)C1=C(CN2CCCc3ccc(C(F)(F)F)cc32)NC(=O)NC1C. The Morgan fingerprint density at radius 2 is 2.11 bits per heavy atom. The summed E-state index contributed by atoms with van der Waals surface area (Å²) in [7, 11) is 0. The minimum absolute atomic E-state index is 0.111. The molecular formula is C19H22F3N3O3. The lowest BCUT2D eigenvalue weighted by atomic mass is 9.98. The van der Waals surface area contributed by atoms with E-state index in [0.717, 1.165) is 24.1 Å². The molecule has 1 unspecified atom stereocenters. The van der Waals surface area contributed by atoms with Gasteiger partial charge in [0.05, 0.1) is 36.0 Å². The molecular weight excluding hydrogens is 375 g/mol. The Kier molecular flexibility index (Phi) is 5.53. The topological polar surface area (TPSA) is 70.7 Å². The molecule has 0 saturated heterocycles. The van der Waals surface area contributed by atoms with E-state index < -0.39 is 29.8 Å². The lowest BCUT2D eigenvalue weighted by molar-refractivity contribution is -0.139. The molecule has 9 heteroatoms. The number of halogens is 3. The monoisotopic (exact) mass is 397 g/mol. The third-order valence-corrected chi connectivity index (χ3v) is 4.84. The molecule has 0 radical (unpaired) electrons. The van der Waals surface area contributed by atoms with Gasteiger partial charge in [-0.3, -0.25) is 0 Å². The molecule has 1 aromatic rings. The number of esters is 1. The first kappa shape index (κ1) is 20.0. The predicted octanol–water partition coefficient (Wildman–Crippen LogP) is 2.98. The highest BCUT2D eigenvalue weighted by Gasteiger charge is 2.34. The highest BCUT2D eigenvalue weighted by Crippen LogP contribution is 2.36. The third-order valence-electron chi connectivity index (χ3n) is 4.84. The van der Waals surface area contributed by atoms with Crippen molar-refractivity contribution in [2.75, 3.05) is 24.6 Å². The van der Waals surface area contributed by atoms with Crippen LogP contribution < -0.4 is 15.5 Å². The first-order chi connectivity index (χ1) is 13.2. The number of carbonyl (C=O) groups is 2. The Bertz CT molecular complexity index is 820. The number of aryl methyl sites for hydroxylation is 1. The van der Waals surface area contributed by atoms with Gasteiger partial charge >= 0.3 is 18.2 Å². The molecule has 0 fully saturated rings. The van der Waals surface area contributed by atoms with Crippen molar-refractivity contribution in [1.29, 1.82) is 0 Å². The summed E-state index contributed by atoms with van der Waals surface area (Å²) in [6.07, 6.45) is -2.99. The lowest BCUT2D eigenvalue weighted by Crippen LogP contribution is -2.51. The van der Waals surface area contributed by atoms with E-state index in [2.05, 4.69) is 10.6 Å². The van der Waals surface area contributed by atoms with Crippen molar-refractivity contribution in [2.24, 2.45) is 0 Å². The first-order valence-corrected chi connectivity index (χ1v) is 9.13. The standard InChI is InChI=1S/C19H22F3N3O3/c1-3-28-17(26)16-11(2)23-18(27)24-14(16)10-25-8-4-5-12-6-7-13(9-15(12)25)19(20,21)22/h6-7,9,11H,3-5,8,10H2,1-2H3,(H2,23,24,27). The summed E-state index contributed by atoms with van der Waals surface area (Å²) in [5, 5.41) is 5.23. The molecule has 2 aliphatic rings. The number of alkyl halides is 3. The molecule has 2 amide bonds. The predicted molar refractivity (Wildman–Crippen MR) is 96.8 cm³/mol. The Balaban J connectivity index is 1.97. The number of carbonyl (C=O) groups excluding carboxylic acids is 2. The number of nitrogens with one attached hydrogen (secondary N) is 2. The van der Waals surface area contributed by atoms with E-state index in [9.17, 15) is 22.8 Å². The minimum atomic E-state index is -4.44. The van der Waals surface area contributed by atoms with Gasteiger partial charge in [0.25, 0.3) is 0 Å². The van der Waals surface area contributed by atoms with Gasteiger partial charge in [-0.15, -0.1) is 0 Å². The van der Waals surface area contributed by atoms with Crippen molar-refractivity contribution < 1.29 is 27.5 Å². The fourth-order valence-electron chi connectivity index (χ4n) is 3.59. The van der Waals surface area contributed by atoms with Crippen molar-refractivity contribution in [1.82, 2.24) is 10.6 Å². The first-order valence-electron chi connectivity index (χ1n) is 9.13. The summed E-state index contributed by atoms with van der Waals surface area (Å²) in [5.41, 5.74) is 1.18. The maximum atomic E-state index is 13.1. The molecule has 0 spiro atoms. The van der Waals surface area contributed by atoms with E-state index in [4.69, 9.17) is 4.74 Å². The number of ether oxygens (including phenoxy) is 1. The fourth-order valence-corrected chi connectivity index (χ4v) is 3.59. The Hall–Kier alpha value is -2.71. The smallest absolute Gasteiger partial charge is 0.416 e. The van der Waals surface area contributed by atoms with Crippen LogP contribution in [0, 0.1) is 0 Å². The van der Waals surface area contributed by atoms with Gasteiger partial charge in [-0.25, -0.2) is 9.59 Å². The summed E-state index contributed by atoms with van der Waals surface area (Å²) in [6, 6.07) is 2.69. The average Bonchev–Trinajstić information content (AvgIpc) is 2.60. The van der Waals surface area contributed by atoms with Crippen LogP contribution in [0.4, 0.5) is 23.7 Å². The van der Waals surface area contributed by atoms with Gasteiger partial charge < -0.3 is 20.3 Å². The van der Waals surface area contributed by atoms with Crippen LogP contribution >= 0.6 is 0 Å². The van der Waals surface area contributed by atoms with Crippen LogP contribution in [0.3, 0.4) is 0 Å². The van der Waals surface area contributed by atoms with Crippen molar-refractivity contribution in [3.63, 3.8) is 0 Å². The zero-order valence-electron chi connectivity index (χ0n) is 15.7. The van der Waals surface area contributed by atoms with Crippen LogP contribution in [-0.2, 0) is 22.1 Å². The van der Waals surface area contributed by atoms with Gasteiger partial charge in [-0.1, -0.05) is 6.07 Å². The molecule has 0 aromatic heterocycles. The average molecular weight is 397 g/mol. The fraction of sp³-hybridized carbons (Fsp3) is 0.474. The summed E-state index contributed by atoms with van der Waals surface area (Å²) >= 11 is 0. The maximum absolute atomic E-state index is 13.1. The quantitative estimate of drug-likeness (QED) is 0.767. The van der Waals surface area contributed by atoms with Gasteiger partial charge in [-0.2, -0.15) is 13.2 Å². The Morgan fingerprint density at radius 3 is 2.79 bits per heavy atom. The number of nitrogens with zero attached hydrogens (tertiary/aromatic N) is 1. The molecule has 0 aliphatic carbocycles. The molecule has 3 rings (SSSR count). The zero-order chi connectivity index (χ0) is 20.5. The molecule has 28 heavy (non-hydrogen) atoms. The molecule has 2 heterocycles. The van der Waals surface area contributed by atoms with Crippen LogP contribution in [0.5, 0.6) is 0 Å². The number of urea groups is 1. The van der Waals surface area contributed by atoms with Crippen LogP contribution in [-0.4, -0.2) is 37.7 Å². The molecule has 2 aliphatic heterocycles. The number of hydrogen-bond acceptors (Lipinski definition) is 4. The van der Waals surface area contributed by atoms with Gasteiger partial charge in [-0.05, 0) is 44.4 Å². The van der Waals surface area contributed by atoms with Crippen LogP contribution in [0.25, 0.3) is 0 Å². The zero-order valence-corrected chi connectivity index (χ0v) is 15.7. The summed E-state index contributed by atoms with van der Waals surface area (Å²) in [6.45, 7) is 4.15. The summed E-state index contributed by atoms with van der Waals surface area (Å²) < 4.78 is 44.5. The lowest BCUT2D eigenvalue weighted by Gasteiger charge is -2.35. The van der Waals surface area contributed by atoms with Gasteiger partial charge in [0, 0.05) is 12.2 Å². The highest BCUT2D eigenvalue weighted by molar-refractivity contribution is 5.95. The molecule has 0 bridgehead atoms. The second-order valence-corrected chi connectivity index (χ2v) is 6.80. The molecule has 152 valence electrons. The van der Waals surface area contributed by atoms with Gasteiger partial charge in [0.15, 0.2) is 0 Å².